The van der Waals surface area contributed by atoms with Crippen LogP contribution in [0.1, 0.15) is 5.56 Å². The van der Waals surface area contributed by atoms with Crippen molar-refractivity contribution in [1.29, 1.82) is 0 Å². The third kappa shape index (κ3) is 1.68. The van der Waals surface area contributed by atoms with E-state index in [1.807, 2.05) is 17.8 Å². The highest BCUT2D eigenvalue weighted by Gasteiger charge is 2.22. The van der Waals surface area contributed by atoms with Crippen LogP contribution in [0.25, 0.3) is 32.9 Å². The Labute approximate surface area is 137 Å². The van der Waals surface area contributed by atoms with Crippen LogP contribution in [0.2, 0.25) is 5.02 Å². The molecule has 4 aromatic rings. The Morgan fingerprint density at radius 2 is 1.91 bits per heavy atom. The summed E-state index contributed by atoms with van der Waals surface area (Å²) in [5.41, 5.74) is 5.05. The molecule has 22 heavy (non-hydrogen) atoms. The molecule has 0 bridgehead atoms. The van der Waals surface area contributed by atoms with Gasteiger partial charge < -0.3 is 4.98 Å². The first-order valence-corrected chi connectivity index (χ1v) is 8.62. The number of benzene rings is 3. The molecule has 0 radical (unpaired) electrons. The summed E-state index contributed by atoms with van der Waals surface area (Å²) in [6, 6.07) is 19.1. The quantitative estimate of drug-likeness (QED) is 0.405. The van der Waals surface area contributed by atoms with E-state index in [1.54, 1.807) is 0 Å². The van der Waals surface area contributed by atoms with Gasteiger partial charge in [0.2, 0.25) is 0 Å². The molecule has 3 aromatic carbocycles. The van der Waals surface area contributed by atoms with Crippen LogP contribution in [0, 0.1) is 0 Å². The minimum Gasteiger partial charge on any atom is -0.354 e. The molecule has 106 valence electrons. The summed E-state index contributed by atoms with van der Waals surface area (Å²) in [5.74, 6) is 0.998. The van der Waals surface area contributed by atoms with Gasteiger partial charge in [0.1, 0.15) is 0 Å². The van der Waals surface area contributed by atoms with E-state index in [4.69, 9.17) is 11.6 Å². The molecular formula is C19H12ClNS. The highest BCUT2D eigenvalue weighted by atomic mass is 35.5. The van der Waals surface area contributed by atoms with Crippen LogP contribution in [0.5, 0.6) is 0 Å². The molecule has 0 saturated heterocycles. The zero-order chi connectivity index (χ0) is 14.7. The Balaban J connectivity index is 1.93. The standard InChI is InChI=1S/C19H12ClNS/c20-12-6-8-17-14(9-12)19-15(10-22-17)18-13-4-2-1-3-11(13)5-7-16(18)21-19/h1-9,21H,10H2. The van der Waals surface area contributed by atoms with Crippen LogP contribution in [0.15, 0.2) is 59.5 Å². The third-order valence-corrected chi connectivity index (χ3v) is 5.71. The second kappa shape index (κ2) is 4.55. The largest absolute Gasteiger partial charge is 0.354 e. The number of aromatic nitrogens is 1. The van der Waals surface area contributed by atoms with Gasteiger partial charge in [-0.25, -0.2) is 0 Å². The van der Waals surface area contributed by atoms with Gasteiger partial charge in [-0.3, -0.25) is 0 Å². The van der Waals surface area contributed by atoms with Gasteiger partial charge in [-0.15, -0.1) is 11.8 Å². The van der Waals surface area contributed by atoms with E-state index in [2.05, 4.69) is 53.5 Å². The molecule has 0 fully saturated rings. The molecular weight excluding hydrogens is 310 g/mol. The van der Waals surface area contributed by atoms with Gasteiger partial charge in [0.25, 0.3) is 0 Å². The lowest BCUT2D eigenvalue weighted by atomic mass is 10.0. The Kier molecular flexibility index (Phi) is 2.61. The Bertz CT molecular complexity index is 1050. The Hall–Kier alpha value is -1.90. The van der Waals surface area contributed by atoms with E-state index in [0.717, 1.165) is 10.8 Å². The summed E-state index contributed by atoms with van der Waals surface area (Å²) in [6.07, 6.45) is 0. The normalized spacial score (nSPS) is 13.3. The summed E-state index contributed by atoms with van der Waals surface area (Å²) in [7, 11) is 0. The molecule has 2 heterocycles. The highest BCUT2D eigenvalue weighted by molar-refractivity contribution is 7.98. The second-order valence-electron chi connectivity index (χ2n) is 5.62. The molecule has 0 aliphatic carbocycles. The lowest BCUT2D eigenvalue weighted by molar-refractivity contribution is 1.30. The number of rotatable bonds is 0. The van der Waals surface area contributed by atoms with Crippen LogP contribution in [0.4, 0.5) is 0 Å². The van der Waals surface area contributed by atoms with E-state index in [9.17, 15) is 0 Å². The number of fused-ring (bicyclic) bond motifs is 7. The predicted molar refractivity (Wildman–Crippen MR) is 95.8 cm³/mol. The molecule has 0 saturated carbocycles. The molecule has 0 unspecified atom stereocenters. The molecule has 1 aromatic heterocycles. The molecule has 1 N–H and O–H groups in total. The maximum absolute atomic E-state index is 6.21. The second-order valence-corrected chi connectivity index (χ2v) is 7.07. The fourth-order valence-corrected chi connectivity index (χ4v) is 4.62. The van der Waals surface area contributed by atoms with E-state index in [1.165, 1.54) is 43.4 Å². The van der Waals surface area contributed by atoms with Gasteiger partial charge in [0.05, 0.1) is 5.69 Å². The van der Waals surface area contributed by atoms with Crippen molar-refractivity contribution in [2.75, 3.05) is 0 Å². The van der Waals surface area contributed by atoms with Crippen molar-refractivity contribution < 1.29 is 0 Å². The zero-order valence-corrected chi connectivity index (χ0v) is 13.3. The molecule has 1 nitrogen and oxygen atoms in total. The van der Waals surface area contributed by atoms with E-state index in [-0.39, 0.29) is 0 Å². The van der Waals surface area contributed by atoms with Crippen molar-refractivity contribution >= 4 is 45.0 Å². The lowest BCUT2D eigenvalue weighted by Crippen LogP contribution is -1.94. The SMILES string of the molecule is Clc1ccc2c(c1)-c1[nH]c3ccc4ccccc4c3c1CS2. The minimum absolute atomic E-state index is 0.788. The topological polar surface area (TPSA) is 15.8 Å². The summed E-state index contributed by atoms with van der Waals surface area (Å²) in [4.78, 5) is 4.92. The first-order chi connectivity index (χ1) is 10.8. The number of hydrogen-bond donors (Lipinski definition) is 1. The van der Waals surface area contributed by atoms with Crippen molar-refractivity contribution in [3.05, 3.63) is 65.2 Å². The maximum Gasteiger partial charge on any atom is 0.0518 e. The number of nitrogens with one attached hydrogen (secondary N) is 1. The number of thioether (sulfide) groups is 1. The Morgan fingerprint density at radius 3 is 2.86 bits per heavy atom. The molecule has 3 heteroatoms. The monoisotopic (exact) mass is 321 g/mol. The van der Waals surface area contributed by atoms with Gasteiger partial charge in [-0.05, 0) is 40.6 Å². The minimum atomic E-state index is 0.788. The smallest absolute Gasteiger partial charge is 0.0518 e. The number of halogens is 1. The van der Waals surface area contributed by atoms with Crippen LogP contribution in [-0.2, 0) is 5.75 Å². The van der Waals surface area contributed by atoms with Crippen LogP contribution in [-0.4, -0.2) is 4.98 Å². The number of aromatic amines is 1. The zero-order valence-electron chi connectivity index (χ0n) is 11.7. The molecule has 0 spiro atoms. The molecule has 0 atom stereocenters. The van der Waals surface area contributed by atoms with E-state index in [0.29, 0.717) is 0 Å². The molecule has 1 aliphatic rings. The third-order valence-electron chi connectivity index (χ3n) is 4.38. The molecule has 5 rings (SSSR count). The van der Waals surface area contributed by atoms with Gasteiger partial charge in [0.15, 0.2) is 0 Å². The summed E-state index contributed by atoms with van der Waals surface area (Å²) in [5, 5.41) is 4.75. The summed E-state index contributed by atoms with van der Waals surface area (Å²) < 4.78 is 0. The van der Waals surface area contributed by atoms with Crippen LogP contribution >= 0.6 is 23.4 Å². The average Bonchev–Trinajstić information content (AvgIpc) is 2.94. The molecule has 0 amide bonds. The van der Waals surface area contributed by atoms with Crippen molar-refractivity contribution in [3.63, 3.8) is 0 Å². The van der Waals surface area contributed by atoms with Crippen molar-refractivity contribution in [2.45, 2.75) is 10.6 Å². The summed E-state index contributed by atoms with van der Waals surface area (Å²) in [6.45, 7) is 0. The van der Waals surface area contributed by atoms with E-state index < -0.39 is 0 Å². The first-order valence-electron chi connectivity index (χ1n) is 7.26. The van der Waals surface area contributed by atoms with Crippen molar-refractivity contribution in [2.24, 2.45) is 0 Å². The fraction of sp³-hybridized carbons (Fsp3) is 0.0526. The predicted octanol–water partition coefficient (Wildman–Crippen LogP) is 6.25. The summed E-state index contributed by atoms with van der Waals surface area (Å²) >= 11 is 8.10. The van der Waals surface area contributed by atoms with E-state index >= 15 is 0 Å². The Morgan fingerprint density at radius 1 is 1.00 bits per heavy atom. The van der Waals surface area contributed by atoms with Crippen LogP contribution < -0.4 is 0 Å². The van der Waals surface area contributed by atoms with Gasteiger partial charge in [-0.2, -0.15) is 0 Å². The van der Waals surface area contributed by atoms with Crippen molar-refractivity contribution in [1.82, 2.24) is 4.98 Å². The van der Waals surface area contributed by atoms with Crippen LogP contribution in [0.3, 0.4) is 0 Å². The van der Waals surface area contributed by atoms with Gasteiger partial charge in [-0.1, -0.05) is 41.9 Å². The lowest BCUT2D eigenvalue weighted by Gasteiger charge is -2.16. The first kappa shape index (κ1) is 12.6. The maximum atomic E-state index is 6.21. The highest BCUT2D eigenvalue weighted by Crippen LogP contribution is 2.46. The van der Waals surface area contributed by atoms with Gasteiger partial charge in [0, 0.05) is 32.1 Å². The van der Waals surface area contributed by atoms with Gasteiger partial charge >= 0.3 is 0 Å². The molecule has 1 aliphatic heterocycles. The number of H-pyrrole nitrogens is 1. The van der Waals surface area contributed by atoms with Crippen molar-refractivity contribution in [3.8, 4) is 11.3 Å². The average molecular weight is 322 g/mol. The number of hydrogen-bond acceptors (Lipinski definition) is 1. The fourth-order valence-electron chi connectivity index (χ4n) is 3.38.